The highest BCUT2D eigenvalue weighted by Crippen LogP contribution is 2.20. The predicted octanol–water partition coefficient (Wildman–Crippen LogP) is 1.46. The summed E-state index contributed by atoms with van der Waals surface area (Å²) >= 11 is 0. The molecular formula is C15H22FN3O. The molecule has 5 heteroatoms. The second-order valence-electron chi connectivity index (χ2n) is 5.36. The number of para-hydroxylation sites is 1. The molecule has 4 nitrogen and oxygen atoms in total. The molecule has 1 heterocycles. The normalized spacial score (nSPS) is 17.1. The van der Waals surface area contributed by atoms with Gasteiger partial charge in [0.1, 0.15) is 5.82 Å². The van der Waals surface area contributed by atoms with Gasteiger partial charge in [-0.05, 0) is 24.6 Å². The van der Waals surface area contributed by atoms with Gasteiger partial charge in [-0.3, -0.25) is 4.79 Å². The maximum Gasteiger partial charge on any atom is 0.223 e. The predicted molar refractivity (Wildman–Crippen MR) is 78.0 cm³/mol. The summed E-state index contributed by atoms with van der Waals surface area (Å²) in [5.74, 6) is 0.160. The lowest BCUT2D eigenvalue weighted by Gasteiger charge is -2.36. The van der Waals surface area contributed by atoms with Crippen LogP contribution in [0, 0.1) is 11.7 Å². The number of nitrogens with zero attached hydrogens (tertiary/aromatic N) is 2. The van der Waals surface area contributed by atoms with Gasteiger partial charge in [0.2, 0.25) is 5.91 Å². The van der Waals surface area contributed by atoms with Crippen molar-refractivity contribution in [3.8, 4) is 0 Å². The number of halogens is 1. The molecule has 0 bridgehead atoms. The highest BCUT2D eigenvalue weighted by molar-refractivity contribution is 5.76. The average Bonchev–Trinajstić information content (AvgIpc) is 2.47. The van der Waals surface area contributed by atoms with Crippen LogP contribution < -0.4 is 10.6 Å². The van der Waals surface area contributed by atoms with Crippen molar-refractivity contribution in [2.24, 2.45) is 11.7 Å². The molecule has 1 aliphatic rings. The van der Waals surface area contributed by atoms with E-state index in [9.17, 15) is 9.18 Å². The van der Waals surface area contributed by atoms with Crippen LogP contribution in [0.5, 0.6) is 0 Å². The smallest absolute Gasteiger partial charge is 0.223 e. The summed E-state index contributed by atoms with van der Waals surface area (Å²) in [6.45, 7) is 5.14. The van der Waals surface area contributed by atoms with Gasteiger partial charge in [0.25, 0.3) is 0 Å². The van der Waals surface area contributed by atoms with E-state index in [1.807, 2.05) is 22.8 Å². The summed E-state index contributed by atoms with van der Waals surface area (Å²) in [5.41, 5.74) is 6.16. The Bertz CT molecular complexity index is 458. The van der Waals surface area contributed by atoms with Crippen LogP contribution in [0.3, 0.4) is 0 Å². The average molecular weight is 279 g/mol. The first-order chi connectivity index (χ1) is 9.61. The minimum atomic E-state index is -0.205. The van der Waals surface area contributed by atoms with Crippen LogP contribution in [0.25, 0.3) is 0 Å². The first kappa shape index (κ1) is 14.8. The van der Waals surface area contributed by atoms with Gasteiger partial charge in [0, 0.05) is 32.6 Å². The maximum atomic E-state index is 13.7. The van der Waals surface area contributed by atoms with Crippen molar-refractivity contribution in [3.05, 3.63) is 30.1 Å². The Labute approximate surface area is 119 Å². The highest BCUT2D eigenvalue weighted by Gasteiger charge is 2.23. The third kappa shape index (κ3) is 3.48. The van der Waals surface area contributed by atoms with Gasteiger partial charge in [0.05, 0.1) is 5.69 Å². The van der Waals surface area contributed by atoms with E-state index in [4.69, 9.17) is 5.73 Å². The fourth-order valence-electron chi connectivity index (χ4n) is 2.42. The number of hydrogen-bond donors (Lipinski definition) is 1. The molecule has 0 radical (unpaired) electrons. The summed E-state index contributed by atoms with van der Waals surface area (Å²) < 4.78 is 13.7. The molecule has 0 spiro atoms. The summed E-state index contributed by atoms with van der Waals surface area (Å²) in [5, 5.41) is 0. The van der Waals surface area contributed by atoms with Gasteiger partial charge >= 0.3 is 0 Å². The molecule has 1 fully saturated rings. The second-order valence-corrected chi connectivity index (χ2v) is 5.36. The summed E-state index contributed by atoms with van der Waals surface area (Å²) in [4.78, 5) is 15.9. The Balaban J connectivity index is 1.89. The van der Waals surface area contributed by atoms with E-state index in [-0.39, 0.29) is 17.6 Å². The zero-order valence-corrected chi connectivity index (χ0v) is 11.9. The third-order valence-corrected chi connectivity index (χ3v) is 3.75. The van der Waals surface area contributed by atoms with Gasteiger partial charge in [-0.2, -0.15) is 0 Å². The quantitative estimate of drug-likeness (QED) is 0.908. The SMILES string of the molecule is CC(CN)CC(=O)N1CCN(c2ccccc2F)CC1. The van der Waals surface area contributed by atoms with Crippen LogP contribution in [0.1, 0.15) is 13.3 Å². The van der Waals surface area contributed by atoms with Gasteiger partial charge < -0.3 is 15.5 Å². The van der Waals surface area contributed by atoms with Crippen LogP contribution in [0.2, 0.25) is 0 Å². The van der Waals surface area contributed by atoms with E-state index in [1.165, 1.54) is 6.07 Å². The largest absolute Gasteiger partial charge is 0.366 e. The minimum absolute atomic E-state index is 0.149. The lowest BCUT2D eigenvalue weighted by atomic mass is 10.1. The Morgan fingerprint density at radius 1 is 1.30 bits per heavy atom. The van der Waals surface area contributed by atoms with Crippen molar-refractivity contribution in [1.29, 1.82) is 0 Å². The number of nitrogens with two attached hydrogens (primary N) is 1. The number of piperazine rings is 1. The number of carbonyl (C=O) groups is 1. The van der Waals surface area contributed by atoms with E-state index in [0.717, 1.165) is 0 Å². The molecular weight excluding hydrogens is 257 g/mol. The molecule has 2 N–H and O–H groups in total. The van der Waals surface area contributed by atoms with Crippen molar-refractivity contribution in [2.75, 3.05) is 37.6 Å². The Morgan fingerprint density at radius 3 is 2.55 bits per heavy atom. The first-order valence-corrected chi connectivity index (χ1v) is 7.09. The topological polar surface area (TPSA) is 49.6 Å². The number of anilines is 1. The van der Waals surface area contributed by atoms with E-state index in [0.29, 0.717) is 44.8 Å². The summed E-state index contributed by atoms with van der Waals surface area (Å²) in [6, 6.07) is 6.77. The van der Waals surface area contributed by atoms with Crippen molar-refractivity contribution < 1.29 is 9.18 Å². The monoisotopic (exact) mass is 279 g/mol. The van der Waals surface area contributed by atoms with Crippen molar-refractivity contribution in [3.63, 3.8) is 0 Å². The molecule has 20 heavy (non-hydrogen) atoms. The van der Waals surface area contributed by atoms with Crippen LogP contribution in [0.15, 0.2) is 24.3 Å². The summed E-state index contributed by atoms with van der Waals surface area (Å²) in [7, 11) is 0. The number of hydrogen-bond acceptors (Lipinski definition) is 3. The zero-order valence-electron chi connectivity index (χ0n) is 11.9. The molecule has 0 aromatic heterocycles. The van der Waals surface area contributed by atoms with Gasteiger partial charge in [-0.1, -0.05) is 19.1 Å². The Kier molecular flexibility index (Phi) is 4.95. The van der Waals surface area contributed by atoms with Gasteiger partial charge in [-0.15, -0.1) is 0 Å². The van der Waals surface area contributed by atoms with Crippen molar-refractivity contribution in [1.82, 2.24) is 4.90 Å². The fourth-order valence-corrected chi connectivity index (χ4v) is 2.42. The van der Waals surface area contributed by atoms with E-state index in [2.05, 4.69) is 0 Å². The molecule has 1 aromatic rings. The van der Waals surface area contributed by atoms with Crippen LogP contribution >= 0.6 is 0 Å². The van der Waals surface area contributed by atoms with Gasteiger partial charge in [0.15, 0.2) is 0 Å². The Morgan fingerprint density at radius 2 is 1.95 bits per heavy atom. The molecule has 2 rings (SSSR count). The molecule has 0 aliphatic carbocycles. The summed E-state index contributed by atoms with van der Waals surface area (Å²) in [6.07, 6.45) is 0.496. The van der Waals surface area contributed by atoms with Gasteiger partial charge in [-0.25, -0.2) is 4.39 Å². The third-order valence-electron chi connectivity index (χ3n) is 3.75. The molecule has 1 atom stereocenters. The molecule has 1 aliphatic heterocycles. The van der Waals surface area contributed by atoms with Crippen LogP contribution in [-0.4, -0.2) is 43.5 Å². The Hall–Kier alpha value is -1.62. The molecule has 0 saturated carbocycles. The van der Waals surface area contributed by atoms with E-state index >= 15 is 0 Å². The number of carbonyl (C=O) groups excluding carboxylic acids is 1. The minimum Gasteiger partial charge on any atom is -0.366 e. The van der Waals surface area contributed by atoms with Crippen LogP contribution in [-0.2, 0) is 4.79 Å². The number of amides is 1. The zero-order chi connectivity index (χ0) is 14.5. The second kappa shape index (κ2) is 6.70. The van der Waals surface area contributed by atoms with Crippen molar-refractivity contribution >= 4 is 11.6 Å². The number of rotatable bonds is 4. The molecule has 1 saturated heterocycles. The molecule has 110 valence electrons. The standard InChI is InChI=1S/C15H22FN3O/c1-12(11-17)10-15(20)19-8-6-18(7-9-19)14-5-3-2-4-13(14)16/h2-5,12H,6-11,17H2,1H3. The number of benzene rings is 1. The maximum absolute atomic E-state index is 13.7. The highest BCUT2D eigenvalue weighted by atomic mass is 19.1. The van der Waals surface area contributed by atoms with E-state index < -0.39 is 0 Å². The first-order valence-electron chi connectivity index (χ1n) is 7.09. The van der Waals surface area contributed by atoms with Crippen LogP contribution in [0.4, 0.5) is 10.1 Å². The lowest BCUT2D eigenvalue weighted by Crippen LogP contribution is -2.49. The molecule has 1 aromatic carbocycles. The van der Waals surface area contributed by atoms with E-state index in [1.54, 1.807) is 12.1 Å². The molecule has 1 amide bonds. The molecule has 1 unspecified atom stereocenters. The fraction of sp³-hybridized carbons (Fsp3) is 0.533. The lowest BCUT2D eigenvalue weighted by molar-refractivity contribution is -0.132. The van der Waals surface area contributed by atoms with Crippen molar-refractivity contribution in [2.45, 2.75) is 13.3 Å².